The Morgan fingerprint density at radius 3 is 2.34 bits per heavy atom. The molecule has 0 amide bonds. The minimum absolute atomic E-state index is 0.0435. The van der Waals surface area contributed by atoms with Crippen LogP contribution in [0.1, 0.15) is 68.3 Å². The van der Waals surface area contributed by atoms with Gasteiger partial charge in [0.1, 0.15) is 5.75 Å². The second-order valence-electron chi connectivity index (χ2n) is 7.04. The Bertz CT molecular complexity index is 694. The number of carbonyl (C=O) groups excluding carboxylic acids is 2. The van der Waals surface area contributed by atoms with Crippen molar-refractivity contribution in [2.75, 3.05) is 13.2 Å². The number of alkyl halides is 3. The van der Waals surface area contributed by atoms with E-state index >= 15 is 0 Å². The van der Waals surface area contributed by atoms with E-state index < -0.39 is 23.3 Å². The van der Waals surface area contributed by atoms with E-state index in [1.165, 1.54) is 6.07 Å². The smallest absolute Gasteiger partial charge is 0.417 e. The van der Waals surface area contributed by atoms with Gasteiger partial charge in [0, 0.05) is 0 Å². The molecule has 8 heteroatoms. The van der Waals surface area contributed by atoms with Crippen LogP contribution in [0.15, 0.2) is 18.2 Å². The number of esters is 2. The normalized spacial score (nSPS) is 19.5. The van der Waals surface area contributed by atoms with Gasteiger partial charge < -0.3 is 14.2 Å². The van der Waals surface area contributed by atoms with Crippen molar-refractivity contribution in [3.8, 4) is 5.75 Å². The molecule has 0 saturated heterocycles. The summed E-state index contributed by atoms with van der Waals surface area (Å²) in [4.78, 5) is 23.8. The maximum atomic E-state index is 13.5. The highest BCUT2D eigenvalue weighted by molar-refractivity contribution is 5.91. The van der Waals surface area contributed by atoms with Gasteiger partial charge in [0.2, 0.25) is 0 Å². The molecular formula is C21H27F3O5. The molecule has 5 nitrogen and oxygen atoms in total. The molecule has 0 spiro atoms. The summed E-state index contributed by atoms with van der Waals surface area (Å²) in [5, 5.41) is 0. The second-order valence-corrected chi connectivity index (χ2v) is 7.04. The fourth-order valence-corrected chi connectivity index (χ4v) is 3.27. The van der Waals surface area contributed by atoms with Gasteiger partial charge in [-0.1, -0.05) is 13.3 Å². The molecular weight excluding hydrogens is 389 g/mol. The summed E-state index contributed by atoms with van der Waals surface area (Å²) in [6.07, 6.45) is -1.41. The van der Waals surface area contributed by atoms with E-state index in [1.54, 1.807) is 6.92 Å². The third-order valence-corrected chi connectivity index (χ3v) is 4.84. The second kappa shape index (κ2) is 10.5. The van der Waals surface area contributed by atoms with E-state index in [0.717, 1.165) is 18.6 Å². The Morgan fingerprint density at radius 1 is 1.07 bits per heavy atom. The first-order valence-electron chi connectivity index (χ1n) is 9.97. The van der Waals surface area contributed by atoms with Gasteiger partial charge >= 0.3 is 18.1 Å². The van der Waals surface area contributed by atoms with Crippen LogP contribution >= 0.6 is 0 Å². The zero-order valence-corrected chi connectivity index (χ0v) is 16.7. The van der Waals surface area contributed by atoms with Crippen LogP contribution in [0.5, 0.6) is 5.75 Å². The molecule has 1 aromatic carbocycles. The number of hydrogen-bond acceptors (Lipinski definition) is 5. The molecule has 162 valence electrons. The first-order chi connectivity index (χ1) is 13.8. The molecule has 0 N–H and O–H groups in total. The minimum atomic E-state index is -4.71. The number of unbranched alkanes of at least 4 members (excludes halogenated alkanes) is 1. The highest BCUT2D eigenvalue weighted by atomic mass is 19.4. The van der Waals surface area contributed by atoms with Crippen molar-refractivity contribution >= 4 is 11.9 Å². The fraction of sp³-hybridized carbons (Fsp3) is 0.619. The van der Waals surface area contributed by atoms with Crippen LogP contribution < -0.4 is 4.74 Å². The van der Waals surface area contributed by atoms with E-state index in [-0.39, 0.29) is 30.3 Å². The molecule has 0 aliphatic heterocycles. The standard InChI is InChI=1S/C21H27F3O5/c1-3-5-12-28-20(26)17-11-10-16(13-18(17)21(22,23)24)29-15-8-6-14(7-9-15)19(25)27-4-2/h10-11,13-15H,3-9,12H2,1-2H3/t14-,15+. The predicted octanol–water partition coefficient (Wildman–Crippen LogP) is 5.16. The van der Waals surface area contributed by atoms with E-state index in [4.69, 9.17) is 14.2 Å². The fourth-order valence-electron chi connectivity index (χ4n) is 3.27. The van der Waals surface area contributed by atoms with Gasteiger partial charge in [0.15, 0.2) is 0 Å². The average Bonchev–Trinajstić information content (AvgIpc) is 2.68. The van der Waals surface area contributed by atoms with Crippen molar-refractivity contribution in [2.24, 2.45) is 5.92 Å². The quantitative estimate of drug-likeness (QED) is 0.433. The van der Waals surface area contributed by atoms with Crippen LogP contribution in [0.2, 0.25) is 0 Å². The van der Waals surface area contributed by atoms with E-state index in [2.05, 4.69) is 0 Å². The topological polar surface area (TPSA) is 61.8 Å². The number of halogens is 3. The van der Waals surface area contributed by atoms with Crippen LogP contribution in [0, 0.1) is 5.92 Å². The first-order valence-corrected chi connectivity index (χ1v) is 9.97. The Labute approximate surface area is 168 Å². The Kier molecular flexibility index (Phi) is 8.34. The molecule has 0 heterocycles. The van der Waals surface area contributed by atoms with Gasteiger partial charge in [0.25, 0.3) is 0 Å². The summed E-state index contributed by atoms with van der Waals surface area (Å²) in [5.41, 5.74) is -1.59. The molecule has 1 aliphatic carbocycles. The maximum Gasteiger partial charge on any atom is 0.417 e. The summed E-state index contributed by atoms with van der Waals surface area (Å²) >= 11 is 0. The van der Waals surface area contributed by atoms with Gasteiger partial charge in [-0.05, 0) is 57.2 Å². The molecule has 0 bridgehead atoms. The monoisotopic (exact) mass is 416 g/mol. The molecule has 0 aromatic heterocycles. The molecule has 2 rings (SSSR count). The first kappa shape index (κ1) is 23.0. The third kappa shape index (κ3) is 6.65. The Morgan fingerprint density at radius 2 is 1.76 bits per heavy atom. The van der Waals surface area contributed by atoms with Crippen molar-refractivity contribution in [1.82, 2.24) is 0 Å². The highest BCUT2D eigenvalue weighted by Crippen LogP contribution is 2.36. The third-order valence-electron chi connectivity index (χ3n) is 4.84. The molecule has 0 unspecified atom stereocenters. The number of carbonyl (C=O) groups is 2. The van der Waals surface area contributed by atoms with Gasteiger partial charge in [0.05, 0.1) is 36.4 Å². The summed E-state index contributed by atoms with van der Waals surface area (Å²) in [6, 6.07) is 3.29. The molecule has 1 saturated carbocycles. The number of rotatable bonds is 8. The van der Waals surface area contributed by atoms with Crippen molar-refractivity contribution in [1.29, 1.82) is 0 Å². The summed E-state index contributed by atoms with van der Waals surface area (Å²) in [7, 11) is 0. The molecule has 0 atom stereocenters. The average molecular weight is 416 g/mol. The van der Waals surface area contributed by atoms with Gasteiger partial charge in [-0.15, -0.1) is 0 Å². The van der Waals surface area contributed by atoms with Crippen LogP contribution in [-0.4, -0.2) is 31.3 Å². The van der Waals surface area contributed by atoms with E-state index in [0.29, 0.717) is 38.7 Å². The number of benzene rings is 1. The van der Waals surface area contributed by atoms with Crippen LogP contribution in [0.25, 0.3) is 0 Å². The van der Waals surface area contributed by atoms with Crippen LogP contribution in [0.4, 0.5) is 13.2 Å². The molecule has 0 radical (unpaired) electrons. The lowest BCUT2D eigenvalue weighted by Crippen LogP contribution is -2.29. The molecule has 1 fully saturated rings. The molecule has 29 heavy (non-hydrogen) atoms. The highest BCUT2D eigenvalue weighted by Gasteiger charge is 2.37. The lowest BCUT2D eigenvalue weighted by Gasteiger charge is -2.28. The Balaban J connectivity index is 2.05. The van der Waals surface area contributed by atoms with Crippen molar-refractivity contribution in [3.05, 3.63) is 29.3 Å². The van der Waals surface area contributed by atoms with Gasteiger partial charge in [-0.25, -0.2) is 4.79 Å². The Hall–Kier alpha value is -2.25. The maximum absolute atomic E-state index is 13.5. The number of ether oxygens (including phenoxy) is 3. The lowest BCUT2D eigenvalue weighted by molar-refractivity contribution is -0.149. The van der Waals surface area contributed by atoms with Crippen LogP contribution in [-0.2, 0) is 20.4 Å². The van der Waals surface area contributed by atoms with Crippen LogP contribution in [0.3, 0.4) is 0 Å². The largest absolute Gasteiger partial charge is 0.490 e. The summed E-state index contributed by atoms with van der Waals surface area (Å²) in [6.45, 7) is 4.03. The SMILES string of the molecule is CCCCOC(=O)c1ccc(O[C@H]2CC[C@@H](C(=O)OCC)CC2)cc1C(F)(F)F. The summed E-state index contributed by atoms with van der Waals surface area (Å²) < 4.78 is 56.0. The van der Waals surface area contributed by atoms with Gasteiger partial charge in [-0.2, -0.15) is 13.2 Å². The zero-order valence-electron chi connectivity index (χ0n) is 16.7. The summed E-state index contributed by atoms with van der Waals surface area (Å²) in [5.74, 6) is -1.38. The predicted molar refractivity (Wildman–Crippen MR) is 99.6 cm³/mol. The molecule has 1 aromatic rings. The van der Waals surface area contributed by atoms with E-state index in [9.17, 15) is 22.8 Å². The minimum Gasteiger partial charge on any atom is -0.490 e. The van der Waals surface area contributed by atoms with Crippen molar-refractivity contribution < 1.29 is 37.0 Å². The zero-order chi connectivity index (χ0) is 21.4. The number of hydrogen-bond donors (Lipinski definition) is 0. The van der Waals surface area contributed by atoms with Gasteiger partial charge in [-0.3, -0.25) is 4.79 Å². The van der Waals surface area contributed by atoms with Crippen molar-refractivity contribution in [2.45, 2.75) is 64.7 Å². The molecule has 1 aliphatic rings. The van der Waals surface area contributed by atoms with Crippen molar-refractivity contribution in [3.63, 3.8) is 0 Å². The van der Waals surface area contributed by atoms with E-state index in [1.807, 2.05) is 6.92 Å². The lowest BCUT2D eigenvalue weighted by atomic mass is 9.87.